The molecule has 0 heterocycles. The minimum atomic E-state index is -1.21. The number of rotatable bonds is 3. The van der Waals surface area contributed by atoms with Crippen LogP contribution in [0.5, 0.6) is 0 Å². The van der Waals surface area contributed by atoms with Gasteiger partial charge in [-0.2, -0.15) is 12.6 Å². The van der Waals surface area contributed by atoms with Gasteiger partial charge in [0.15, 0.2) is 0 Å². The van der Waals surface area contributed by atoms with Crippen molar-refractivity contribution in [3.05, 3.63) is 0 Å². The van der Waals surface area contributed by atoms with Gasteiger partial charge in [-0.05, 0) is 0 Å². The molecule has 0 aromatic heterocycles. The topological polar surface area (TPSA) is 74.6 Å². The first-order valence-corrected chi connectivity index (χ1v) is 2.68. The molecule has 1 atom stereocenters. The molecule has 1 radical (unpaired) electrons. The minimum absolute atomic E-state index is 0. The molecule has 0 aromatic rings. The van der Waals surface area contributed by atoms with Crippen LogP contribution >= 0.6 is 12.6 Å². The Labute approximate surface area is 78.5 Å². The summed E-state index contributed by atoms with van der Waals surface area (Å²) in [6.45, 7) is 0. The van der Waals surface area contributed by atoms with Gasteiger partial charge in [-0.3, -0.25) is 9.59 Å². The van der Waals surface area contributed by atoms with Crippen LogP contribution in [0.1, 0.15) is 6.42 Å². The zero-order valence-electron chi connectivity index (χ0n) is 4.74. The molecule has 0 aliphatic rings. The van der Waals surface area contributed by atoms with Crippen molar-refractivity contribution >= 4 is 24.6 Å². The zero-order valence-corrected chi connectivity index (χ0v) is 7.80. The predicted molar refractivity (Wildman–Crippen MR) is 32.7 cm³/mol. The van der Waals surface area contributed by atoms with Crippen LogP contribution in [-0.4, -0.2) is 27.4 Å². The average Bonchev–Trinajstić information content (AvgIpc) is 1.63. The monoisotopic (exact) mass is 347 g/mol. The molecule has 0 saturated carbocycles. The number of carbonyl (C=O) groups is 2. The summed E-state index contributed by atoms with van der Waals surface area (Å²) in [5.41, 5.74) is 0. The Kier molecular flexibility index (Phi) is 7.34. The second-order valence-electron chi connectivity index (χ2n) is 1.45. The van der Waals surface area contributed by atoms with Crippen molar-refractivity contribution in [1.29, 1.82) is 0 Å². The number of hydrogen-bond donors (Lipinski definition) is 3. The molecular formula is C4H6AuO4S. The van der Waals surface area contributed by atoms with Crippen molar-refractivity contribution in [3.63, 3.8) is 0 Å². The molecule has 0 fully saturated rings. The van der Waals surface area contributed by atoms with Crippen LogP contribution < -0.4 is 0 Å². The first kappa shape index (κ1) is 12.7. The molecule has 0 aliphatic carbocycles. The summed E-state index contributed by atoms with van der Waals surface area (Å²) in [6.07, 6.45) is -0.446. The fourth-order valence-electron chi connectivity index (χ4n) is 0.253. The summed E-state index contributed by atoms with van der Waals surface area (Å²) in [7, 11) is 0. The van der Waals surface area contributed by atoms with E-state index in [0.717, 1.165) is 0 Å². The fraction of sp³-hybridized carbons (Fsp3) is 0.500. The number of hydrogen-bond acceptors (Lipinski definition) is 3. The van der Waals surface area contributed by atoms with E-state index in [9.17, 15) is 9.59 Å². The molecule has 2 N–H and O–H groups in total. The van der Waals surface area contributed by atoms with Gasteiger partial charge in [0.25, 0.3) is 0 Å². The summed E-state index contributed by atoms with van der Waals surface area (Å²) in [6, 6.07) is 0. The maximum Gasteiger partial charge on any atom is 0.316 e. The third-order valence-electron chi connectivity index (χ3n) is 0.653. The van der Waals surface area contributed by atoms with Crippen LogP contribution in [0.2, 0.25) is 0 Å². The smallest absolute Gasteiger partial charge is 0.316 e. The summed E-state index contributed by atoms with van der Waals surface area (Å²) in [4.78, 5) is 19.7. The Morgan fingerprint density at radius 2 is 1.80 bits per heavy atom. The van der Waals surface area contributed by atoms with Crippen molar-refractivity contribution in [2.45, 2.75) is 11.7 Å². The summed E-state index contributed by atoms with van der Waals surface area (Å²) < 4.78 is 0. The van der Waals surface area contributed by atoms with E-state index in [-0.39, 0.29) is 22.4 Å². The van der Waals surface area contributed by atoms with E-state index in [0.29, 0.717) is 0 Å². The van der Waals surface area contributed by atoms with Crippen LogP contribution in [0, 0.1) is 0 Å². The molecule has 0 spiro atoms. The number of aliphatic carboxylic acids is 2. The Hall–Kier alpha value is 0.0303. The number of carboxylic acid groups (broad SMARTS) is 2. The first-order chi connectivity index (χ1) is 4.04. The molecule has 0 aliphatic heterocycles. The average molecular weight is 347 g/mol. The molecule has 0 saturated heterocycles. The number of carboxylic acids is 2. The van der Waals surface area contributed by atoms with Gasteiger partial charge in [0.05, 0.1) is 6.42 Å². The normalized spacial score (nSPS) is 11.3. The molecule has 4 nitrogen and oxygen atoms in total. The van der Waals surface area contributed by atoms with E-state index >= 15 is 0 Å². The summed E-state index contributed by atoms with van der Waals surface area (Å²) in [5.74, 6) is -2.36. The molecule has 10 heavy (non-hydrogen) atoms. The minimum Gasteiger partial charge on any atom is -0.481 e. The van der Waals surface area contributed by atoms with Gasteiger partial charge in [0.2, 0.25) is 0 Å². The Morgan fingerprint density at radius 1 is 1.40 bits per heavy atom. The van der Waals surface area contributed by atoms with E-state index in [1.54, 1.807) is 0 Å². The molecule has 63 valence electrons. The van der Waals surface area contributed by atoms with Crippen molar-refractivity contribution in [2.24, 2.45) is 0 Å². The van der Waals surface area contributed by atoms with Crippen molar-refractivity contribution in [3.8, 4) is 0 Å². The maximum atomic E-state index is 9.90. The molecular weight excluding hydrogens is 341 g/mol. The predicted octanol–water partition coefficient (Wildman–Crippen LogP) is -0.158. The van der Waals surface area contributed by atoms with E-state index in [1.165, 1.54) is 0 Å². The van der Waals surface area contributed by atoms with Crippen LogP contribution in [0.25, 0.3) is 0 Å². The third-order valence-corrected chi connectivity index (χ3v) is 1.06. The second-order valence-corrected chi connectivity index (χ2v) is 2.08. The van der Waals surface area contributed by atoms with E-state index in [2.05, 4.69) is 12.6 Å². The molecule has 0 bridgehead atoms. The van der Waals surface area contributed by atoms with Gasteiger partial charge in [-0.1, -0.05) is 0 Å². The van der Waals surface area contributed by atoms with Crippen LogP contribution in [0.4, 0.5) is 0 Å². The van der Waals surface area contributed by atoms with Crippen molar-refractivity contribution < 1.29 is 42.2 Å². The van der Waals surface area contributed by atoms with Crippen LogP contribution in [0.15, 0.2) is 0 Å². The first-order valence-electron chi connectivity index (χ1n) is 2.16. The van der Waals surface area contributed by atoms with Gasteiger partial charge in [0, 0.05) is 22.4 Å². The Morgan fingerprint density at radius 3 is 1.90 bits per heavy atom. The van der Waals surface area contributed by atoms with Gasteiger partial charge in [0.1, 0.15) is 5.25 Å². The van der Waals surface area contributed by atoms with Gasteiger partial charge in [-0.25, -0.2) is 0 Å². The summed E-state index contributed by atoms with van der Waals surface area (Å²) >= 11 is 3.48. The standard InChI is InChI=1S/C4H6O4S.Au/c5-3(6)1-2(9)4(7)8;/h2,9H,1H2,(H,5,6)(H,7,8);. The van der Waals surface area contributed by atoms with Crippen molar-refractivity contribution in [1.82, 2.24) is 0 Å². The molecule has 0 rings (SSSR count). The largest absolute Gasteiger partial charge is 0.481 e. The zero-order chi connectivity index (χ0) is 7.44. The van der Waals surface area contributed by atoms with Gasteiger partial charge >= 0.3 is 11.9 Å². The maximum absolute atomic E-state index is 9.90. The van der Waals surface area contributed by atoms with Gasteiger partial charge < -0.3 is 10.2 Å². The van der Waals surface area contributed by atoms with E-state index in [1.807, 2.05) is 0 Å². The van der Waals surface area contributed by atoms with Crippen LogP contribution in [0.3, 0.4) is 0 Å². The van der Waals surface area contributed by atoms with E-state index in [4.69, 9.17) is 10.2 Å². The molecule has 6 heteroatoms. The van der Waals surface area contributed by atoms with E-state index < -0.39 is 23.6 Å². The fourth-order valence-corrected chi connectivity index (χ4v) is 0.409. The third kappa shape index (κ3) is 6.15. The van der Waals surface area contributed by atoms with Gasteiger partial charge in [-0.15, -0.1) is 0 Å². The molecule has 0 aromatic carbocycles. The van der Waals surface area contributed by atoms with Crippen molar-refractivity contribution in [2.75, 3.05) is 0 Å². The van der Waals surface area contributed by atoms with Crippen LogP contribution in [-0.2, 0) is 32.0 Å². The molecule has 1 unspecified atom stereocenters. The second kappa shape index (κ2) is 5.79. The summed E-state index contributed by atoms with van der Waals surface area (Å²) in [5, 5.41) is 15.0. The quantitative estimate of drug-likeness (QED) is 0.490. The Bertz CT molecular complexity index is 137. The SMILES string of the molecule is O=C(O)CC(S)C(=O)O.[Au]. The number of thiol groups is 1. The Balaban J connectivity index is 0. The molecule has 0 amide bonds.